The molecule has 0 radical (unpaired) electrons. The highest BCUT2D eigenvalue weighted by molar-refractivity contribution is 6.31. The van der Waals surface area contributed by atoms with Crippen LogP contribution in [0, 0.1) is 17.2 Å². The minimum absolute atomic E-state index is 0.0702. The largest absolute Gasteiger partial charge is 0.370 e. The quantitative estimate of drug-likeness (QED) is 0.863. The molecule has 1 unspecified atom stereocenters. The molecule has 0 aromatic heterocycles. The fourth-order valence-corrected chi connectivity index (χ4v) is 2.38. The maximum absolute atomic E-state index is 8.75. The highest BCUT2D eigenvalue weighted by Crippen LogP contribution is 2.27. The Bertz CT molecular complexity index is 449. The predicted octanol–water partition coefficient (Wildman–Crippen LogP) is 3.74. The Morgan fingerprint density at radius 1 is 1.37 bits per heavy atom. The number of halogens is 1. The van der Waals surface area contributed by atoms with Crippen LogP contribution in [-0.2, 0) is 0 Å². The zero-order valence-electron chi connectivity index (χ0n) is 11.9. The predicted molar refractivity (Wildman–Crippen MR) is 81.3 cm³/mol. The third-order valence-corrected chi connectivity index (χ3v) is 3.25. The van der Waals surface area contributed by atoms with Crippen molar-refractivity contribution < 1.29 is 0 Å². The van der Waals surface area contributed by atoms with Crippen LogP contribution in [0.15, 0.2) is 18.2 Å². The van der Waals surface area contributed by atoms with Crippen LogP contribution in [-0.4, -0.2) is 13.1 Å². The van der Waals surface area contributed by atoms with Crippen molar-refractivity contribution in [1.82, 2.24) is 0 Å². The van der Waals surface area contributed by atoms with E-state index >= 15 is 0 Å². The molecule has 0 aliphatic rings. The lowest BCUT2D eigenvalue weighted by molar-refractivity contribution is 0.612. The third-order valence-electron chi connectivity index (χ3n) is 2.92. The lowest BCUT2D eigenvalue weighted by atomic mass is 10.1. The van der Waals surface area contributed by atoms with Gasteiger partial charge >= 0.3 is 0 Å². The lowest BCUT2D eigenvalue weighted by Gasteiger charge is -2.26. The fourth-order valence-electron chi connectivity index (χ4n) is 2.03. The Kier molecular flexibility index (Phi) is 6.14. The Morgan fingerprint density at radius 3 is 2.53 bits per heavy atom. The van der Waals surface area contributed by atoms with Gasteiger partial charge < -0.3 is 10.6 Å². The summed E-state index contributed by atoms with van der Waals surface area (Å²) in [6.45, 7) is 7.88. The van der Waals surface area contributed by atoms with Crippen LogP contribution in [0.25, 0.3) is 0 Å². The molecule has 0 spiro atoms. The highest BCUT2D eigenvalue weighted by atomic mass is 35.5. The molecule has 0 saturated carbocycles. The molecule has 3 nitrogen and oxygen atoms in total. The summed E-state index contributed by atoms with van der Waals surface area (Å²) in [6, 6.07) is 8.07. The fraction of sp³-hybridized carbons (Fsp3) is 0.533. The molecule has 104 valence electrons. The number of nitrogens with two attached hydrogens (primary N) is 1. The van der Waals surface area contributed by atoms with Crippen LogP contribution in [0.3, 0.4) is 0 Å². The molecule has 0 bridgehead atoms. The summed E-state index contributed by atoms with van der Waals surface area (Å²) in [4.78, 5) is 2.20. The monoisotopic (exact) mass is 279 g/mol. The number of nitriles is 1. The van der Waals surface area contributed by atoms with Crippen LogP contribution in [0.4, 0.5) is 5.69 Å². The second kappa shape index (κ2) is 7.37. The van der Waals surface area contributed by atoms with Gasteiger partial charge in [0.1, 0.15) is 0 Å². The van der Waals surface area contributed by atoms with Crippen molar-refractivity contribution >= 4 is 17.3 Å². The van der Waals surface area contributed by atoms with Crippen molar-refractivity contribution in [3.05, 3.63) is 28.8 Å². The van der Waals surface area contributed by atoms with Gasteiger partial charge in [0.15, 0.2) is 0 Å². The third kappa shape index (κ3) is 4.74. The molecule has 4 heteroatoms. The summed E-state index contributed by atoms with van der Waals surface area (Å²) in [5.74, 6) is 0.533. The molecule has 0 fully saturated rings. The normalized spacial score (nSPS) is 12.3. The average molecular weight is 280 g/mol. The number of benzene rings is 1. The van der Waals surface area contributed by atoms with Crippen LogP contribution >= 0.6 is 11.6 Å². The first-order valence-electron chi connectivity index (χ1n) is 6.62. The molecule has 0 heterocycles. The second-order valence-electron chi connectivity index (χ2n) is 5.24. The number of hydrogen-bond donors (Lipinski definition) is 1. The molecule has 1 rings (SSSR count). The standard InChI is InChI=1S/C15H22ClN3/c1-11(2)10-19(8-4-7-17)13-5-6-14(12(3)18)15(16)9-13/h5-6,9,11-12H,4,8,10,18H2,1-3H3. The first-order valence-corrected chi connectivity index (χ1v) is 7.00. The SMILES string of the molecule is CC(C)CN(CCC#N)c1ccc(C(C)N)c(Cl)c1. The van der Waals surface area contributed by atoms with Crippen molar-refractivity contribution in [2.75, 3.05) is 18.0 Å². The molecular formula is C15H22ClN3. The van der Waals surface area contributed by atoms with Crippen LogP contribution < -0.4 is 10.6 Å². The first kappa shape index (κ1) is 15.8. The number of anilines is 1. The molecule has 1 aromatic carbocycles. The van der Waals surface area contributed by atoms with Gasteiger partial charge in [-0.15, -0.1) is 0 Å². The maximum Gasteiger partial charge on any atom is 0.0640 e. The van der Waals surface area contributed by atoms with E-state index in [1.165, 1.54) is 0 Å². The first-order chi connectivity index (χ1) is 8.95. The van der Waals surface area contributed by atoms with Gasteiger partial charge in [-0.3, -0.25) is 0 Å². The molecule has 0 saturated heterocycles. The average Bonchev–Trinajstić information content (AvgIpc) is 2.33. The molecule has 0 amide bonds. The zero-order chi connectivity index (χ0) is 14.4. The molecule has 1 aromatic rings. The van der Waals surface area contributed by atoms with Crippen molar-refractivity contribution in [2.45, 2.75) is 33.2 Å². The van der Waals surface area contributed by atoms with Gasteiger partial charge in [0.2, 0.25) is 0 Å². The van der Waals surface area contributed by atoms with Crippen LogP contribution in [0.2, 0.25) is 5.02 Å². The van der Waals surface area contributed by atoms with E-state index < -0.39 is 0 Å². The van der Waals surface area contributed by atoms with Crippen molar-refractivity contribution in [2.24, 2.45) is 11.7 Å². The molecule has 19 heavy (non-hydrogen) atoms. The van der Waals surface area contributed by atoms with E-state index in [0.717, 1.165) is 24.3 Å². The Labute approximate surface area is 121 Å². The summed E-state index contributed by atoms with van der Waals surface area (Å²) in [6.07, 6.45) is 0.513. The van der Waals surface area contributed by atoms with E-state index in [0.29, 0.717) is 17.4 Å². The smallest absolute Gasteiger partial charge is 0.0640 e. The van der Waals surface area contributed by atoms with E-state index in [-0.39, 0.29) is 6.04 Å². The molecule has 2 N–H and O–H groups in total. The van der Waals surface area contributed by atoms with Crippen molar-refractivity contribution in [1.29, 1.82) is 5.26 Å². The van der Waals surface area contributed by atoms with Gasteiger partial charge in [-0.05, 0) is 30.5 Å². The van der Waals surface area contributed by atoms with E-state index in [1.54, 1.807) is 0 Å². The van der Waals surface area contributed by atoms with E-state index in [9.17, 15) is 0 Å². The number of rotatable bonds is 6. The number of hydrogen-bond acceptors (Lipinski definition) is 3. The summed E-state index contributed by atoms with van der Waals surface area (Å²) < 4.78 is 0. The summed E-state index contributed by atoms with van der Waals surface area (Å²) >= 11 is 6.27. The van der Waals surface area contributed by atoms with E-state index in [2.05, 4.69) is 24.8 Å². The summed E-state index contributed by atoms with van der Waals surface area (Å²) in [5, 5.41) is 9.44. The molecule has 1 atom stereocenters. The topological polar surface area (TPSA) is 53.0 Å². The minimum atomic E-state index is -0.0702. The van der Waals surface area contributed by atoms with E-state index in [4.69, 9.17) is 22.6 Å². The van der Waals surface area contributed by atoms with Gasteiger partial charge in [-0.2, -0.15) is 5.26 Å². The Morgan fingerprint density at radius 2 is 2.05 bits per heavy atom. The summed E-state index contributed by atoms with van der Waals surface area (Å²) in [5.41, 5.74) is 7.87. The molecule has 0 aliphatic carbocycles. The van der Waals surface area contributed by atoms with Crippen LogP contribution in [0.5, 0.6) is 0 Å². The minimum Gasteiger partial charge on any atom is -0.370 e. The van der Waals surface area contributed by atoms with Crippen molar-refractivity contribution in [3.8, 4) is 6.07 Å². The van der Waals surface area contributed by atoms with Gasteiger partial charge in [0.05, 0.1) is 12.5 Å². The molecule has 0 aliphatic heterocycles. The van der Waals surface area contributed by atoms with Gasteiger partial charge in [0.25, 0.3) is 0 Å². The van der Waals surface area contributed by atoms with Crippen molar-refractivity contribution in [3.63, 3.8) is 0 Å². The zero-order valence-corrected chi connectivity index (χ0v) is 12.6. The van der Waals surface area contributed by atoms with Gasteiger partial charge in [0, 0.05) is 29.8 Å². The Balaban J connectivity index is 2.96. The van der Waals surface area contributed by atoms with Crippen LogP contribution in [0.1, 0.15) is 38.8 Å². The lowest BCUT2D eigenvalue weighted by Crippen LogP contribution is -2.28. The highest BCUT2D eigenvalue weighted by Gasteiger charge is 2.12. The summed E-state index contributed by atoms with van der Waals surface area (Å²) in [7, 11) is 0. The maximum atomic E-state index is 8.75. The number of nitrogens with zero attached hydrogens (tertiary/aromatic N) is 2. The van der Waals surface area contributed by atoms with Gasteiger partial charge in [-0.1, -0.05) is 31.5 Å². The van der Waals surface area contributed by atoms with E-state index in [1.807, 2.05) is 25.1 Å². The second-order valence-corrected chi connectivity index (χ2v) is 5.65. The molecular weight excluding hydrogens is 258 g/mol. The van der Waals surface area contributed by atoms with Gasteiger partial charge in [-0.25, -0.2) is 0 Å². The Hall–Kier alpha value is -1.24.